The van der Waals surface area contributed by atoms with Gasteiger partial charge in [0.05, 0.1) is 10.6 Å². The SMILES string of the molecule is C/C(=N/NC(=O)[C@@H]1C[C@@H]1c1ccccc1)c1cccc([N+](=O)[O-])c1. The van der Waals surface area contributed by atoms with E-state index in [1.165, 1.54) is 12.1 Å². The van der Waals surface area contributed by atoms with Gasteiger partial charge in [-0.1, -0.05) is 42.5 Å². The second kappa shape index (κ2) is 6.62. The Bertz CT molecular complexity index is 802. The van der Waals surface area contributed by atoms with Crippen molar-refractivity contribution in [3.63, 3.8) is 0 Å². The van der Waals surface area contributed by atoms with Crippen molar-refractivity contribution in [3.8, 4) is 0 Å². The Balaban J connectivity index is 1.62. The van der Waals surface area contributed by atoms with Crippen LogP contribution in [0.5, 0.6) is 0 Å². The van der Waals surface area contributed by atoms with Crippen molar-refractivity contribution in [1.29, 1.82) is 0 Å². The number of hydrogen-bond donors (Lipinski definition) is 1. The molecule has 1 fully saturated rings. The molecule has 0 radical (unpaired) electrons. The fraction of sp³-hybridized carbons (Fsp3) is 0.222. The van der Waals surface area contributed by atoms with Gasteiger partial charge in [-0.2, -0.15) is 5.10 Å². The lowest BCUT2D eigenvalue weighted by Gasteiger charge is -2.03. The molecular formula is C18H17N3O3. The Morgan fingerprint density at radius 3 is 2.67 bits per heavy atom. The van der Waals surface area contributed by atoms with E-state index in [2.05, 4.69) is 10.5 Å². The molecule has 1 aliphatic rings. The minimum absolute atomic E-state index is 0.000268. The normalized spacial score (nSPS) is 19.6. The summed E-state index contributed by atoms with van der Waals surface area (Å²) in [5.41, 5.74) is 4.88. The summed E-state index contributed by atoms with van der Waals surface area (Å²) in [5, 5.41) is 14.9. The van der Waals surface area contributed by atoms with Crippen LogP contribution < -0.4 is 5.43 Å². The number of nitrogens with one attached hydrogen (secondary N) is 1. The highest BCUT2D eigenvalue weighted by Crippen LogP contribution is 2.47. The Labute approximate surface area is 139 Å². The third-order valence-electron chi connectivity index (χ3n) is 4.16. The van der Waals surface area contributed by atoms with Crippen LogP contribution >= 0.6 is 0 Å². The number of nitro benzene ring substituents is 1. The molecule has 1 amide bonds. The summed E-state index contributed by atoms with van der Waals surface area (Å²) in [6.07, 6.45) is 0.821. The molecule has 0 unspecified atom stereocenters. The number of hydrazone groups is 1. The average Bonchev–Trinajstić information content (AvgIpc) is 3.41. The van der Waals surface area contributed by atoms with E-state index in [0.717, 1.165) is 12.0 Å². The number of nitrogens with zero attached hydrogens (tertiary/aromatic N) is 2. The van der Waals surface area contributed by atoms with E-state index in [4.69, 9.17) is 0 Å². The third-order valence-corrected chi connectivity index (χ3v) is 4.16. The van der Waals surface area contributed by atoms with Crippen LogP contribution in [0.3, 0.4) is 0 Å². The zero-order valence-corrected chi connectivity index (χ0v) is 13.2. The molecule has 122 valence electrons. The van der Waals surface area contributed by atoms with Crippen molar-refractivity contribution in [2.75, 3.05) is 0 Å². The lowest BCUT2D eigenvalue weighted by Crippen LogP contribution is -2.21. The molecule has 0 bridgehead atoms. The first-order valence-corrected chi connectivity index (χ1v) is 7.70. The molecule has 2 aromatic rings. The molecule has 2 aromatic carbocycles. The number of nitro groups is 1. The van der Waals surface area contributed by atoms with Crippen LogP contribution in [0.2, 0.25) is 0 Å². The Morgan fingerprint density at radius 2 is 1.96 bits per heavy atom. The molecule has 0 aliphatic heterocycles. The molecule has 1 aliphatic carbocycles. The molecule has 1 saturated carbocycles. The van der Waals surface area contributed by atoms with Gasteiger partial charge in [-0.25, -0.2) is 5.43 Å². The maximum atomic E-state index is 12.2. The minimum Gasteiger partial charge on any atom is -0.273 e. The second-order valence-corrected chi connectivity index (χ2v) is 5.84. The monoisotopic (exact) mass is 323 g/mol. The molecule has 24 heavy (non-hydrogen) atoms. The van der Waals surface area contributed by atoms with Gasteiger partial charge in [-0.05, 0) is 24.8 Å². The standard InChI is InChI=1S/C18H17N3O3/c1-12(14-8-5-9-15(10-14)21(23)24)19-20-18(22)17-11-16(17)13-6-3-2-4-7-13/h2-10,16-17H,11H2,1H3,(H,20,22)/b19-12-/t16-,17-/m1/s1. The number of rotatable bonds is 5. The van der Waals surface area contributed by atoms with Gasteiger partial charge >= 0.3 is 0 Å². The van der Waals surface area contributed by atoms with Gasteiger partial charge < -0.3 is 0 Å². The van der Waals surface area contributed by atoms with Crippen LogP contribution in [0.15, 0.2) is 59.7 Å². The average molecular weight is 323 g/mol. The van der Waals surface area contributed by atoms with Gasteiger partial charge in [-0.15, -0.1) is 0 Å². The Hall–Kier alpha value is -3.02. The maximum Gasteiger partial charge on any atom is 0.270 e. The van der Waals surface area contributed by atoms with Crippen molar-refractivity contribution in [1.82, 2.24) is 5.43 Å². The zero-order chi connectivity index (χ0) is 17.1. The molecule has 0 aromatic heterocycles. The minimum atomic E-state index is -0.454. The predicted molar refractivity (Wildman–Crippen MR) is 90.7 cm³/mol. The van der Waals surface area contributed by atoms with Gasteiger partial charge in [0.1, 0.15) is 0 Å². The summed E-state index contributed by atoms with van der Waals surface area (Å²) < 4.78 is 0. The van der Waals surface area contributed by atoms with E-state index in [0.29, 0.717) is 11.3 Å². The van der Waals surface area contributed by atoms with Crippen LogP contribution in [0.25, 0.3) is 0 Å². The molecule has 6 nitrogen and oxygen atoms in total. The van der Waals surface area contributed by atoms with Crippen LogP contribution in [-0.4, -0.2) is 16.5 Å². The van der Waals surface area contributed by atoms with Crippen molar-refractivity contribution in [2.45, 2.75) is 19.3 Å². The van der Waals surface area contributed by atoms with Crippen LogP contribution in [-0.2, 0) is 4.79 Å². The first-order valence-electron chi connectivity index (χ1n) is 7.70. The summed E-state index contributed by atoms with van der Waals surface area (Å²) in [5.74, 6) is 0.0715. The largest absolute Gasteiger partial charge is 0.273 e. The fourth-order valence-electron chi connectivity index (χ4n) is 2.68. The topological polar surface area (TPSA) is 84.6 Å². The smallest absolute Gasteiger partial charge is 0.270 e. The van der Waals surface area contributed by atoms with Crippen LogP contribution in [0.4, 0.5) is 5.69 Å². The summed E-state index contributed by atoms with van der Waals surface area (Å²) in [6.45, 7) is 1.71. The summed E-state index contributed by atoms with van der Waals surface area (Å²) in [6, 6.07) is 16.1. The predicted octanol–water partition coefficient (Wildman–Crippen LogP) is 3.24. The van der Waals surface area contributed by atoms with Gasteiger partial charge in [0, 0.05) is 23.6 Å². The Morgan fingerprint density at radius 1 is 1.21 bits per heavy atom. The lowest BCUT2D eigenvalue weighted by molar-refractivity contribution is -0.384. The molecule has 0 heterocycles. The summed E-state index contributed by atoms with van der Waals surface area (Å²) in [4.78, 5) is 22.5. The van der Waals surface area contributed by atoms with Crippen molar-refractivity contribution < 1.29 is 9.72 Å². The first kappa shape index (κ1) is 15.9. The number of non-ortho nitro benzene ring substituents is 1. The van der Waals surface area contributed by atoms with E-state index in [1.807, 2.05) is 30.3 Å². The van der Waals surface area contributed by atoms with Crippen LogP contribution in [0, 0.1) is 16.0 Å². The van der Waals surface area contributed by atoms with E-state index in [-0.39, 0.29) is 23.4 Å². The van der Waals surface area contributed by atoms with Gasteiger partial charge in [0.25, 0.3) is 5.69 Å². The zero-order valence-electron chi connectivity index (χ0n) is 13.2. The van der Waals surface area contributed by atoms with Crippen LogP contribution in [0.1, 0.15) is 30.4 Å². The fourth-order valence-corrected chi connectivity index (χ4v) is 2.68. The van der Waals surface area contributed by atoms with E-state index < -0.39 is 4.92 Å². The molecule has 3 rings (SSSR count). The van der Waals surface area contributed by atoms with Gasteiger partial charge in [0.2, 0.25) is 5.91 Å². The highest BCUT2D eigenvalue weighted by molar-refractivity contribution is 5.99. The second-order valence-electron chi connectivity index (χ2n) is 5.84. The van der Waals surface area contributed by atoms with Crippen molar-refractivity contribution >= 4 is 17.3 Å². The van der Waals surface area contributed by atoms with E-state index in [9.17, 15) is 14.9 Å². The lowest BCUT2D eigenvalue weighted by atomic mass is 10.1. The molecule has 2 atom stereocenters. The molecule has 6 heteroatoms. The Kier molecular flexibility index (Phi) is 4.37. The molecular weight excluding hydrogens is 306 g/mol. The van der Waals surface area contributed by atoms with Crippen molar-refractivity contribution in [2.24, 2.45) is 11.0 Å². The first-order chi connectivity index (χ1) is 11.6. The highest BCUT2D eigenvalue weighted by atomic mass is 16.6. The van der Waals surface area contributed by atoms with E-state index >= 15 is 0 Å². The van der Waals surface area contributed by atoms with Gasteiger partial charge in [0.15, 0.2) is 0 Å². The van der Waals surface area contributed by atoms with E-state index in [1.54, 1.807) is 19.1 Å². The summed E-state index contributed by atoms with van der Waals surface area (Å²) >= 11 is 0. The quantitative estimate of drug-likeness (QED) is 0.521. The number of carbonyl (C=O) groups excluding carboxylic acids is 1. The maximum absolute atomic E-state index is 12.2. The highest BCUT2D eigenvalue weighted by Gasteiger charge is 2.43. The number of amides is 1. The third kappa shape index (κ3) is 3.48. The summed E-state index contributed by atoms with van der Waals surface area (Å²) in [7, 11) is 0. The molecule has 0 spiro atoms. The van der Waals surface area contributed by atoms with Crippen molar-refractivity contribution in [3.05, 3.63) is 75.8 Å². The molecule has 0 saturated heterocycles. The van der Waals surface area contributed by atoms with Gasteiger partial charge in [-0.3, -0.25) is 14.9 Å². The number of carbonyl (C=O) groups is 1. The number of benzene rings is 2. The number of hydrogen-bond acceptors (Lipinski definition) is 4. The molecule has 1 N–H and O–H groups in total.